The van der Waals surface area contributed by atoms with Gasteiger partial charge in [0, 0.05) is 23.6 Å². The molecule has 172 valence electrons. The van der Waals surface area contributed by atoms with Crippen molar-refractivity contribution < 1.29 is 4.79 Å². The van der Waals surface area contributed by atoms with Gasteiger partial charge in [-0.2, -0.15) is 5.10 Å². The summed E-state index contributed by atoms with van der Waals surface area (Å²) in [4.78, 5) is 14.6. The van der Waals surface area contributed by atoms with Crippen molar-refractivity contribution in [2.45, 2.75) is 46.5 Å². The number of nitrogens with zero attached hydrogens (tertiary/aromatic N) is 2. The van der Waals surface area contributed by atoms with Crippen molar-refractivity contribution in [1.29, 1.82) is 0 Å². The van der Waals surface area contributed by atoms with Crippen LogP contribution < -0.4 is 5.32 Å². The first-order valence-electron chi connectivity index (χ1n) is 11.7. The van der Waals surface area contributed by atoms with E-state index in [9.17, 15) is 4.79 Å². The summed E-state index contributed by atoms with van der Waals surface area (Å²) in [7, 11) is 0. The van der Waals surface area contributed by atoms with Crippen LogP contribution in [0.2, 0.25) is 10.0 Å². The minimum Gasteiger partial charge on any atom is -0.350 e. The lowest BCUT2D eigenvalue weighted by Gasteiger charge is -2.60. The van der Waals surface area contributed by atoms with E-state index in [0.29, 0.717) is 33.0 Å². The fraction of sp³-hybridized carbons (Fsp3) is 0.462. The number of hydrogen-bond donors (Lipinski definition) is 1. The number of carbonyl (C=O) groups is 1. The minimum atomic E-state index is -0.0813. The number of aryl methyl sites for hydroxylation is 1. The standard InChI is InChI=1S/C26H27Cl2N3OS/c1-13-12-33-24-17(13)10-18-22(30-31(23(18)24)21-7-6-16(27)9-20(21)28)25(32)29-11-14-4-5-15-8-19(14)26(15,2)3/h6-7,9,12,14-15,19H,4-5,8,10-11H2,1-3H3,(H,29,32). The monoisotopic (exact) mass is 499 g/mol. The molecule has 3 unspecified atom stereocenters. The summed E-state index contributed by atoms with van der Waals surface area (Å²) in [6, 6.07) is 5.40. The van der Waals surface area contributed by atoms with Gasteiger partial charge in [0.1, 0.15) is 0 Å². The normalized spacial score (nSPS) is 24.2. The molecule has 7 rings (SSSR count). The molecule has 3 aromatic rings. The zero-order valence-electron chi connectivity index (χ0n) is 19.0. The molecule has 33 heavy (non-hydrogen) atoms. The van der Waals surface area contributed by atoms with Gasteiger partial charge in [-0.05, 0) is 84.1 Å². The molecule has 0 radical (unpaired) electrons. The Labute approximate surface area is 208 Å². The first kappa shape index (κ1) is 21.7. The zero-order chi connectivity index (χ0) is 23.1. The van der Waals surface area contributed by atoms with E-state index in [1.807, 2.05) is 16.8 Å². The maximum Gasteiger partial charge on any atom is 0.272 e. The van der Waals surface area contributed by atoms with Gasteiger partial charge in [0.15, 0.2) is 5.69 Å². The van der Waals surface area contributed by atoms with Gasteiger partial charge in [0.2, 0.25) is 0 Å². The maximum absolute atomic E-state index is 13.4. The summed E-state index contributed by atoms with van der Waals surface area (Å²) < 4.78 is 1.84. The first-order chi connectivity index (χ1) is 15.8. The number of hydrogen-bond acceptors (Lipinski definition) is 3. The quantitative estimate of drug-likeness (QED) is 0.331. The SMILES string of the molecule is Cc1csc2c1Cc1c(C(=O)NCC3CCC4CC3C4(C)C)nn(-c3ccc(Cl)cc3Cl)c1-2. The number of thiophene rings is 1. The van der Waals surface area contributed by atoms with Crippen LogP contribution in [0.1, 0.15) is 60.3 Å². The molecular formula is C26H27Cl2N3OS. The average Bonchev–Trinajstić information content (AvgIpc) is 3.44. The fourth-order valence-electron chi connectivity index (χ4n) is 6.44. The average molecular weight is 500 g/mol. The number of fused-ring (bicyclic) bond motifs is 5. The number of halogens is 2. The summed E-state index contributed by atoms with van der Waals surface area (Å²) in [6.07, 6.45) is 4.53. The lowest BCUT2D eigenvalue weighted by atomic mass is 9.45. The Hall–Kier alpha value is -1.82. The molecule has 3 saturated carbocycles. The van der Waals surface area contributed by atoms with E-state index in [4.69, 9.17) is 28.3 Å². The van der Waals surface area contributed by atoms with Gasteiger partial charge in [0.05, 0.1) is 21.3 Å². The molecule has 0 spiro atoms. The van der Waals surface area contributed by atoms with Crippen LogP contribution in [-0.2, 0) is 6.42 Å². The van der Waals surface area contributed by atoms with E-state index in [2.05, 4.69) is 31.5 Å². The van der Waals surface area contributed by atoms with Crippen molar-refractivity contribution in [2.24, 2.45) is 23.2 Å². The van der Waals surface area contributed by atoms with Gasteiger partial charge < -0.3 is 5.32 Å². The third-order valence-corrected chi connectivity index (χ3v) is 10.2. The Morgan fingerprint density at radius 1 is 1.27 bits per heavy atom. The van der Waals surface area contributed by atoms with E-state index in [1.165, 1.54) is 35.3 Å². The van der Waals surface area contributed by atoms with Gasteiger partial charge in [-0.25, -0.2) is 4.68 Å². The van der Waals surface area contributed by atoms with Gasteiger partial charge in [-0.1, -0.05) is 37.0 Å². The van der Waals surface area contributed by atoms with Crippen molar-refractivity contribution in [2.75, 3.05) is 6.54 Å². The van der Waals surface area contributed by atoms with Crippen LogP contribution in [0.15, 0.2) is 23.6 Å². The molecule has 7 heteroatoms. The number of nitrogens with one attached hydrogen (secondary N) is 1. The number of amides is 1. The van der Waals surface area contributed by atoms with Crippen LogP contribution in [0.25, 0.3) is 16.3 Å². The summed E-state index contributed by atoms with van der Waals surface area (Å²) in [5.74, 6) is 2.04. The van der Waals surface area contributed by atoms with Gasteiger partial charge in [-0.3, -0.25) is 4.79 Å². The number of carbonyl (C=O) groups excluding carboxylic acids is 1. The van der Waals surface area contributed by atoms with Crippen LogP contribution in [0.4, 0.5) is 0 Å². The molecule has 2 heterocycles. The molecule has 4 aliphatic carbocycles. The van der Waals surface area contributed by atoms with Crippen molar-refractivity contribution in [3.63, 3.8) is 0 Å². The number of rotatable bonds is 4. The highest BCUT2D eigenvalue weighted by molar-refractivity contribution is 7.14. The molecule has 4 nitrogen and oxygen atoms in total. The zero-order valence-corrected chi connectivity index (χ0v) is 21.4. The predicted molar refractivity (Wildman–Crippen MR) is 135 cm³/mol. The second-order valence-electron chi connectivity index (χ2n) is 10.5. The third-order valence-electron chi connectivity index (χ3n) is 8.53. The smallest absolute Gasteiger partial charge is 0.272 e. The minimum absolute atomic E-state index is 0.0813. The van der Waals surface area contributed by atoms with Crippen molar-refractivity contribution in [1.82, 2.24) is 15.1 Å². The Balaban J connectivity index is 1.33. The molecule has 2 bridgehead atoms. The topological polar surface area (TPSA) is 46.9 Å². The molecular weight excluding hydrogens is 473 g/mol. The van der Waals surface area contributed by atoms with Crippen molar-refractivity contribution in [3.8, 4) is 16.3 Å². The molecule has 1 aromatic carbocycles. The molecule has 3 fully saturated rings. The van der Waals surface area contributed by atoms with E-state index in [0.717, 1.165) is 35.8 Å². The van der Waals surface area contributed by atoms with Gasteiger partial charge in [-0.15, -0.1) is 11.3 Å². The molecule has 0 saturated heterocycles. The Kier molecular flexibility index (Phi) is 4.99. The fourth-order valence-corrected chi connectivity index (χ4v) is 8.06. The van der Waals surface area contributed by atoms with Gasteiger partial charge >= 0.3 is 0 Å². The Morgan fingerprint density at radius 3 is 2.82 bits per heavy atom. The lowest BCUT2D eigenvalue weighted by Crippen LogP contribution is -2.54. The third kappa shape index (κ3) is 3.23. The maximum atomic E-state index is 13.4. The van der Waals surface area contributed by atoms with Crippen LogP contribution >= 0.6 is 34.5 Å². The van der Waals surface area contributed by atoms with Gasteiger partial charge in [0.25, 0.3) is 5.91 Å². The summed E-state index contributed by atoms with van der Waals surface area (Å²) in [5.41, 5.74) is 6.19. The van der Waals surface area contributed by atoms with E-state index >= 15 is 0 Å². The molecule has 1 amide bonds. The van der Waals surface area contributed by atoms with E-state index < -0.39 is 0 Å². The molecule has 3 atom stereocenters. The van der Waals surface area contributed by atoms with Crippen LogP contribution in [-0.4, -0.2) is 22.2 Å². The number of aromatic nitrogens is 2. The summed E-state index contributed by atoms with van der Waals surface area (Å²) in [6.45, 7) is 7.64. The summed E-state index contributed by atoms with van der Waals surface area (Å²) >= 11 is 14.4. The highest BCUT2D eigenvalue weighted by atomic mass is 35.5. The molecule has 1 N–H and O–H groups in total. The van der Waals surface area contributed by atoms with Crippen LogP contribution in [0.5, 0.6) is 0 Å². The van der Waals surface area contributed by atoms with Crippen molar-refractivity contribution in [3.05, 3.63) is 56.0 Å². The molecule has 4 aliphatic rings. The predicted octanol–water partition coefficient (Wildman–Crippen LogP) is 6.92. The Bertz CT molecular complexity index is 1290. The summed E-state index contributed by atoms with van der Waals surface area (Å²) in [5, 5.41) is 11.3. The number of benzene rings is 1. The lowest BCUT2D eigenvalue weighted by molar-refractivity contribution is -0.103. The van der Waals surface area contributed by atoms with Crippen LogP contribution in [0, 0.1) is 30.1 Å². The van der Waals surface area contributed by atoms with Crippen molar-refractivity contribution >= 4 is 40.4 Å². The van der Waals surface area contributed by atoms with E-state index in [-0.39, 0.29) is 5.91 Å². The molecule has 2 aromatic heterocycles. The Morgan fingerprint density at radius 2 is 2.09 bits per heavy atom. The first-order valence-corrected chi connectivity index (χ1v) is 13.3. The van der Waals surface area contributed by atoms with Crippen LogP contribution in [0.3, 0.4) is 0 Å². The largest absolute Gasteiger partial charge is 0.350 e. The highest BCUT2D eigenvalue weighted by Crippen LogP contribution is 2.61. The highest BCUT2D eigenvalue weighted by Gasteiger charge is 2.54. The second-order valence-corrected chi connectivity index (χ2v) is 12.2. The second kappa shape index (κ2) is 7.59. The molecule has 0 aliphatic heterocycles. The van der Waals surface area contributed by atoms with E-state index in [1.54, 1.807) is 17.4 Å².